The summed E-state index contributed by atoms with van der Waals surface area (Å²) in [7, 11) is 0. The minimum atomic E-state index is -0.559. The molecule has 4 nitrogen and oxygen atoms in total. The summed E-state index contributed by atoms with van der Waals surface area (Å²) >= 11 is 5.82. The molecule has 2 aromatic rings. The third-order valence-electron chi connectivity index (χ3n) is 4.00. The van der Waals surface area contributed by atoms with Crippen LogP contribution in [0.4, 0.5) is 10.1 Å². The molecule has 0 aromatic heterocycles. The van der Waals surface area contributed by atoms with E-state index in [-0.39, 0.29) is 17.4 Å². The summed E-state index contributed by atoms with van der Waals surface area (Å²) < 4.78 is 13.3. The molecule has 0 saturated carbocycles. The minimum Gasteiger partial charge on any atom is -0.327 e. The number of hydrogen-bond acceptors (Lipinski definition) is 2. The van der Waals surface area contributed by atoms with Crippen LogP contribution >= 0.6 is 11.6 Å². The van der Waals surface area contributed by atoms with E-state index in [1.807, 2.05) is 0 Å². The first-order chi connectivity index (χ1) is 11.5. The molecule has 2 aromatic carbocycles. The van der Waals surface area contributed by atoms with Gasteiger partial charge in [-0.25, -0.2) is 4.39 Å². The molecule has 1 unspecified atom stereocenters. The summed E-state index contributed by atoms with van der Waals surface area (Å²) in [4.78, 5) is 26.6. The fourth-order valence-electron chi connectivity index (χ4n) is 2.83. The summed E-state index contributed by atoms with van der Waals surface area (Å²) in [6, 6.07) is 11.7. The van der Waals surface area contributed by atoms with Gasteiger partial charge >= 0.3 is 0 Å². The van der Waals surface area contributed by atoms with Gasteiger partial charge in [-0.1, -0.05) is 17.7 Å². The van der Waals surface area contributed by atoms with Crippen molar-refractivity contribution >= 4 is 29.1 Å². The summed E-state index contributed by atoms with van der Waals surface area (Å²) in [5.74, 6) is -1.05. The number of rotatable bonds is 3. The van der Waals surface area contributed by atoms with Gasteiger partial charge in [-0.2, -0.15) is 0 Å². The van der Waals surface area contributed by atoms with Crippen molar-refractivity contribution in [1.29, 1.82) is 0 Å². The second kappa shape index (κ2) is 7.01. The van der Waals surface area contributed by atoms with Crippen LogP contribution in [0.1, 0.15) is 23.2 Å². The Morgan fingerprint density at radius 3 is 2.62 bits per heavy atom. The second-order valence-electron chi connectivity index (χ2n) is 5.66. The molecule has 3 rings (SSSR count). The van der Waals surface area contributed by atoms with Crippen molar-refractivity contribution < 1.29 is 14.0 Å². The summed E-state index contributed by atoms with van der Waals surface area (Å²) in [6.45, 7) is 0.480. The number of amides is 2. The van der Waals surface area contributed by atoms with Crippen LogP contribution < -0.4 is 5.32 Å². The molecule has 0 radical (unpaired) electrons. The predicted octanol–water partition coefficient (Wildman–Crippen LogP) is 3.72. The van der Waals surface area contributed by atoms with E-state index in [1.54, 1.807) is 30.3 Å². The molecular formula is C18H16ClFN2O2. The molecule has 24 heavy (non-hydrogen) atoms. The molecule has 0 spiro atoms. The van der Waals surface area contributed by atoms with Crippen molar-refractivity contribution in [3.05, 3.63) is 64.9 Å². The Bertz CT molecular complexity index is 764. The van der Waals surface area contributed by atoms with Gasteiger partial charge in [0.25, 0.3) is 5.91 Å². The Kier molecular flexibility index (Phi) is 4.81. The molecule has 1 N–H and O–H groups in total. The topological polar surface area (TPSA) is 49.4 Å². The number of hydrogen-bond donors (Lipinski definition) is 1. The number of halogens is 2. The zero-order chi connectivity index (χ0) is 17.1. The van der Waals surface area contributed by atoms with Crippen molar-refractivity contribution in [2.45, 2.75) is 18.9 Å². The lowest BCUT2D eigenvalue weighted by atomic mass is 10.1. The Morgan fingerprint density at radius 2 is 1.92 bits per heavy atom. The minimum absolute atomic E-state index is 0.250. The predicted molar refractivity (Wildman–Crippen MR) is 90.5 cm³/mol. The molecular weight excluding hydrogens is 331 g/mol. The van der Waals surface area contributed by atoms with Crippen LogP contribution in [0.25, 0.3) is 0 Å². The van der Waals surface area contributed by atoms with Gasteiger partial charge in [-0.15, -0.1) is 0 Å². The van der Waals surface area contributed by atoms with Gasteiger partial charge in [0.15, 0.2) is 0 Å². The van der Waals surface area contributed by atoms with Crippen molar-refractivity contribution in [2.75, 3.05) is 11.9 Å². The second-order valence-corrected chi connectivity index (χ2v) is 6.10. The number of anilines is 1. The van der Waals surface area contributed by atoms with E-state index < -0.39 is 11.9 Å². The van der Waals surface area contributed by atoms with Crippen molar-refractivity contribution in [3.8, 4) is 0 Å². The molecule has 124 valence electrons. The molecule has 1 saturated heterocycles. The zero-order valence-electron chi connectivity index (χ0n) is 12.8. The first-order valence-corrected chi connectivity index (χ1v) is 8.05. The number of nitrogens with one attached hydrogen (secondary N) is 1. The molecule has 1 aliphatic rings. The van der Waals surface area contributed by atoms with Gasteiger partial charge < -0.3 is 10.2 Å². The van der Waals surface area contributed by atoms with E-state index in [4.69, 9.17) is 11.6 Å². The molecule has 6 heteroatoms. The Hall–Kier alpha value is -2.40. The third-order valence-corrected chi connectivity index (χ3v) is 4.25. The highest BCUT2D eigenvalue weighted by Crippen LogP contribution is 2.22. The van der Waals surface area contributed by atoms with Crippen molar-refractivity contribution in [2.24, 2.45) is 0 Å². The molecule has 1 heterocycles. The molecule has 1 aliphatic heterocycles. The van der Waals surface area contributed by atoms with Crippen LogP contribution in [0.3, 0.4) is 0 Å². The highest BCUT2D eigenvalue weighted by molar-refractivity contribution is 6.30. The number of carbonyl (C=O) groups excluding carboxylic acids is 2. The highest BCUT2D eigenvalue weighted by Gasteiger charge is 2.34. The van der Waals surface area contributed by atoms with Crippen LogP contribution in [-0.4, -0.2) is 29.3 Å². The molecule has 0 bridgehead atoms. The number of benzene rings is 2. The lowest BCUT2D eigenvalue weighted by molar-refractivity contribution is -0.119. The molecule has 2 amide bonds. The van der Waals surface area contributed by atoms with Gasteiger partial charge in [-0.3, -0.25) is 9.59 Å². The molecule has 0 aliphatic carbocycles. The van der Waals surface area contributed by atoms with E-state index in [1.165, 1.54) is 23.1 Å². The largest absolute Gasteiger partial charge is 0.327 e. The van der Waals surface area contributed by atoms with Crippen LogP contribution in [0, 0.1) is 5.82 Å². The van der Waals surface area contributed by atoms with Crippen LogP contribution in [0.15, 0.2) is 48.5 Å². The van der Waals surface area contributed by atoms with Crippen LogP contribution in [0.2, 0.25) is 5.02 Å². The maximum Gasteiger partial charge on any atom is 0.254 e. The van der Waals surface area contributed by atoms with Gasteiger partial charge in [-0.05, 0) is 55.3 Å². The number of likely N-dealkylation sites (tertiary alicyclic amines) is 1. The highest BCUT2D eigenvalue weighted by atomic mass is 35.5. The van der Waals surface area contributed by atoms with Gasteiger partial charge in [0.2, 0.25) is 5.91 Å². The van der Waals surface area contributed by atoms with Crippen molar-refractivity contribution in [1.82, 2.24) is 4.90 Å². The monoisotopic (exact) mass is 346 g/mol. The van der Waals surface area contributed by atoms with E-state index in [2.05, 4.69) is 5.32 Å². The quantitative estimate of drug-likeness (QED) is 0.920. The fraction of sp³-hybridized carbons (Fsp3) is 0.222. The van der Waals surface area contributed by atoms with E-state index in [0.29, 0.717) is 23.7 Å². The maximum atomic E-state index is 13.3. The van der Waals surface area contributed by atoms with E-state index in [9.17, 15) is 14.0 Å². The SMILES string of the molecule is O=C(Nc1ccc(Cl)cc1)C1CCCN1C(=O)c1cccc(F)c1. The summed E-state index contributed by atoms with van der Waals surface area (Å²) in [5, 5.41) is 3.37. The smallest absolute Gasteiger partial charge is 0.254 e. The normalized spacial score (nSPS) is 16.9. The van der Waals surface area contributed by atoms with Gasteiger partial charge in [0, 0.05) is 22.8 Å². The Labute approximate surface area is 144 Å². The van der Waals surface area contributed by atoms with E-state index in [0.717, 1.165) is 6.42 Å². The summed E-state index contributed by atoms with van der Waals surface area (Å²) in [6.07, 6.45) is 1.32. The Morgan fingerprint density at radius 1 is 1.17 bits per heavy atom. The number of carbonyl (C=O) groups is 2. The first-order valence-electron chi connectivity index (χ1n) is 7.67. The lowest BCUT2D eigenvalue weighted by Crippen LogP contribution is -2.43. The molecule has 1 atom stereocenters. The standard InChI is InChI=1S/C18H16ClFN2O2/c19-13-6-8-15(9-7-13)21-17(23)16-5-2-10-22(16)18(24)12-3-1-4-14(20)11-12/h1,3-4,6-9,11,16H,2,5,10H2,(H,21,23). The number of nitrogens with zero attached hydrogens (tertiary/aromatic N) is 1. The average Bonchev–Trinajstić information content (AvgIpc) is 3.06. The zero-order valence-corrected chi connectivity index (χ0v) is 13.6. The third kappa shape index (κ3) is 3.57. The van der Waals surface area contributed by atoms with Crippen LogP contribution in [-0.2, 0) is 4.79 Å². The molecule has 1 fully saturated rings. The summed E-state index contributed by atoms with van der Waals surface area (Å²) in [5.41, 5.74) is 0.871. The van der Waals surface area contributed by atoms with Gasteiger partial charge in [0.1, 0.15) is 11.9 Å². The fourth-order valence-corrected chi connectivity index (χ4v) is 2.95. The average molecular weight is 347 g/mol. The van der Waals surface area contributed by atoms with Crippen LogP contribution in [0.5, 0.6) is 0 Å². The maximum absolute atomic E-state index is 13.3. The van der Waals surface area contributed by atoms with Crippen molar-refractivity contribution in [3.63, 3.8) is 0 Å². The van der Waals surface area contributed by atoms with Gasteiger partial charge in [0.05, 0.1) is 0 Å². The van der Waals surface area contributed by atoms with E-state index >= 15 is 0 Å². The Balaban J connectivity index is 1.73. The lowest BCUT2D eigenvalue weighted by Gasteiger charge is -2.24. The first kappa shape index (κ1) is 16.5.